The van der Waals surface area contributed by atoms with Crippen LogP contribution in [0.5, 0.6) is 0 Å². The number of cyclic esters (lactones) is 1. The molecule has 27 heavy (non-hydrogen) atoms. The standard InChI is InChI=1S/C20H32N2O5/c1-4-6-7-8-9-10-11-16-17(15(3)19(24)27-16)18(23)21-13-14-26-20(25)22-12-5-2/h5,16-17H,2-4,6-14H2,1H3,(H,21,23)(H,22,25). The van der Waals surface area contributed by atoms with Gasteiger partial charge in [0, 0.05) is 12.1 Å². The van der Waals surface area contributed by atoms with E-state index in [1.807, 2.05) is 0 Å². The first-order valence-electron chi connectivity index (χ1n) is 9.70. The minimum absolute atomic E-state index is 0.0326. The van der Waals surface area contributed by atoms with Crippen LogP contribution in [0.1, 0.15) is 51.9 Å². The van der Waals surface area contributed by atoms with Gasteiger partial charge in [-0.05, 0) is 12.8 Å². The molecule has 7 nitrogen and oxygen atoms in total. The van der Waals surface area contributed by atoms with Crippen LogP contribution in [0.15, 0.2) is 24.8 Å². The Bertz CT molecular complexity index is 532. The largest absolute Gasteiger partial charge is 0.458 e. The highest BCUT2D eigenvalue weighted by Crippen LogP contribution is 2.30. The minimum Gasteiger partial charge on any atom is -0.458 e. The number of hydrogen-bond acceptors (Lipinski definition) is 5. The van der Waals surface area contributed by atoms with Crippen LogP contribution >= 0.6 is 0 Å². The first-order chi connectivity index (χ1) is 13.0. The molecule has 0 saturated carbocycles. The summed E-state index contributed by atoms with van der Waals surface area (Å²) in [6, 6.07) is 0. The van der Waals surface area contributed by atoms with Crippen LogP contribution in [-0.2, 0) is 19.1 Å². The molecule has 1 aliphatic heterocycles. The second kappa shape index (κ2) is 12.9. The lowest BCUT2D eigenvalue weighted by Crippen LogP contribution is -2.38. The molecule has 2 atom stereocenters. The van der Waals surface area contributed by atoms with Crippen LogP contribution < -0.4 is 10.6 Å². The molecule has 0 aliphatic carbocycles. The lowest BCUT2D eigenvalue weighted by Gasteiger charge is -2.17. The molecule has 152 valence electrons. The Balaban J connectivity index is 2.35. The molecular weight excluding hydrogens is 348 g/mol. The summed E-state index contributed by atoms with van der Waals surface area (Å²) in [5.41, 5.74) is 0.188. The zero-order valence-electron chi connectivity index (χ0n) is 16.3. The van der Waals surface area contributed by atoms with Gasteiger partial charge in [-0.2, -0.15) is 0 Å². The van der Waals surface area contributed by atoms with Gasteiger partial charge in [0.25, 0.3) is 0 Å². The monoisotopic (exact) mass is 380 g/mol. The summed E-state index contributed by atoms with van der Waals surface area (Å²) in [5, 5.41) is 5.14. The Morgan fingerprint density at radius 1 is 1.19 bits per heavy atom. The van der Waals surface area contributed by atoms with E-state index in [2.05, 4.69) is 30.7 Å². The summed E-state index contributed by atoms with van der Waals surface area (Å²) in [5.74, 6) is -1.51. The number of rotatable bonds is 13. The molecule has 1 heterocycles. The van der Waals surface area contributed by atoms with Crippen molar-refractivity contribution >= 4 is 18.0 Å². The maximum atomic E-state index is 12.4. The van der Waals surface area contributed by atoms with Crippen molar-refractivity contribution < 1.29 is 23.9 Å². The van der Waals surface area contributed by atoms with Crippen LogP contribution in [0.2, 0.25) is 0 Å². The molecule has 0 aromatic heterocycles. The van der Waals surface area contributed by atoms with E-state index in [4.69, 9.17) is 9.47 Å². The summed E-state index contributed by atoms with van der Waals surface area (Å²) in [6.07, 6.45) is 7.89. The molecule has 2 unspecified atom stereocenters. The van der Waals surface area contributed by atoms with Crippen molar-refractivity contribution in [2.75, 3.05) is 19.7 Å². The number of unbranched alkanes of at least 4 members (excludes halogenated alkanes) is 5. The second-order valence-corrected chi connectivity index (χ2v) is 6.60. The number of hydrogen-bond donors (Lipinski definition) is 2. The highest BCUT2D eigenvalue weighted by atomic mass is 16.6. The number of nitrogens with one attached hydrogen (secondary N) is 2. The fourth-order valence-corrected chi connectivity index (χ4v) is 2.95. The van der Waals surface area contributed by atoms with Crippen molar-refractivity contribution in [3.8, 4) is 0 Å². The SMILES string of the molecule is C=CCNC(=O)OCCNC(=O)C1C(=C)C(=O)OC1CCCCCCCC. The number of esters is 1. The quantitative estimate of drug-likeness (QED) is 0.222. The van der Waals surface area contributed by atoms with Crippen LogP contribution in [0.25, 0.3) is 0 Å². The van der Waals surface area contributed by atoms with E-state index in [1.54, 1.807) is 0 Å². The van der Waals surface area contributed by atoms with Gasteiger partial charge in [-0.3, -0.25) is 4.79 Å². The van der Waals surface area contributed by atoms with Gasteiger partial charge in [-0.15, -0.1) is 6.58 Å². The Labute approximate surface area is 161 Å². The predicted molar refractivity (Wildman–Crippen MR) is 103 cm³/mol. The van der Waals surface area contributed by atoms with Crippen LogP contribution in [0, 0.1) is 5.92 Å². The van der Waals surface area contributed by atoms with Crippen molar-refractivity contribution in [2.24, 2.45) is 5.92 Å². The van der Waals surface area contributed by atoms with Crippen LogP contribution in [-0.4, -0.2) is 43.8 Å². The van der Waals surface area contributed by atoms with Gasteiger partial charge < -0.3 is 20.1 Å². The molecule has 7 heteroatoms. The average Bonchev–Trinajstić information content (AvgIpc) is 2.93. The number of amides is 2. The van der Waals surface area contributed by atoms with Crippen LogP contribution in [0.3, 0.4) is 0 Å². The summed E-state index contributed by atoms with van der Waals surface area (Å²) in [6.45, 7) is 9.86. The lowest BCUT2D eigenvalue weighted by atomic mass is 9.92. The Hall–Kier alpha value is -2.31. The third kappa shape index (κ3) is 8.28. The molecule has 2 N–H and O–H groups in total. The van der Waals surface area contributed by atoms with E-state index in [1.165, 1.54) is 25.3 Å². The number of alkyl carbamates (subject to hydrolysis) is 1. The summed E-state index contributed by atoms with van der Waals surface area (Å²) < 4.78 is 10.2. The zero-order chi connectivity index (χ0) is 20.1. The Kier molecular flexibility index (Phi) is 10.9. The van der Waals surface area contributed by atoms with E-state index >= 15 is 0 Å². The molecule has 1 saturated heterocycles. The maximum Gasteiger partial charge on any atom is 0.407 e. The fourth-order valence-electron chi connectivity index (χ4n) is 2.95. The van der Waals surface area contributed by atoms with Crippen LogP contribution in [0.4, 0.5) is 4.79 Å². The molecule has 1 aliphatic rings. The molecule has 1 fully saturated rings. The van der Waals surface area contributed by atoms with E-state index in [0.29, 0.717) is 13.0 Å². The summed E-state index contributed by atoms with van der Waals surface area (Å²) in [4.78, 5) is 35.5. The van der Waals surface area contributed by atoms with Crippen molar-refractivity contribution in [3.05, 3.63) is 24.8 Å². The Morgan fingerprint density at radius 2 is 1.89 bits per heavy atom. The van der Waals surface area contributed by atoms with E-state index < -0.39 is 24.1 Å². The fraction of sp³-hybridized carbons (Fsp3) is 0.650. The second-order valence-electron chi connectivity index (χ2n) is 6.60. The predicted octanol–water partition coefficient (Wildman–Crippen LogP) is 2.86. The Morgan fingerprint density at radius 3 is 2.59 bits per heavy atom. The highest BCUT2D eigenvalue weighted by Gasteiger charge is 2.42. The van der Waals surface area contributed by atoms with Gasteiger partial charge in [0.1, 0.15) is 18.6 Å². The smallest absolute Gasteiger partial charge is 0.407 e. The average molecular weight is 380 g/mol. The molecule has 0 aromatic carbocycles. The maximum absolute atomic E-state index is 12.4. The van der Waals surface area contributed by atoms with Gasteiger partial charge >= 0.3 is 12.1 Å². The van der Waals surface area contributed by atoms with Gasteiger partial charge in [-0.25, -0.2) is 9.59 Å². The van der Waals surface area contributed by atoms with Crippen molar-refractivity contribution in [1.29, 1.82) is 0 Å². The van der Waals surface area contributed by atoms with Gasteiger partial charge in [0.2, 0.25) is 5.91 Å². The highest BCUT2D eigenvalue weighted by molar-refractivity contribution is 5.99. The third-order valence-electron chi connectivity index (χ3n) is 4.42. The minimum atomic E-state index is -0.678. The van der Waals surface area contributed by atoms with Gasteiger partial charge in [0.05, 0.1) is 6.54 Å². The van der Waals surface area contributed by atoms with E-state index in [9.17, 15) is 14.4 Å². The first kappa shape index (κ1) is 22.7. The normalized spacial score (nSPS) is 18.7. The zero-order valence-corrected chi connectivity index (χ0v) is 16.3. The summed E-state index contributed by atoms with van der Waals surface area (Å²) in [7, 11) is 0. The number of ether oxygens (including phenoxy) is 2. The van der Waals surface area contributed by atoms with Crippen molar-refractivity contribution in [3.63, 3.8) is 0 Å². The summed E-state index contributed by atoms with van der Waals surface area (Å²) >= 11 is 0. The molecule has 0 radical (unpaired) electrons. The van der Waals surface area contributed by atoms with E-state index in [-0.39, 0.29) is 24.6 Å². The number of carbonyl (C=O) groups is 3. The van der Waals surface area contributed by atoms with Crippen molar-refractivity contribution in [2.45, 2.75) is 58.0 Å². The molecule has 2 amide bonds. The molecule has 1 rings (SSSR count). The van der Waals surface area contributed by atoms with E-state index in [0.717, 1.165) is 19.3 Å². The van der Waals surface area contributed by atoms with Crippen molar-refractivity contribution in [1.82, 2.24) is 10.6 Å². The molecular formula is C20H32N2O5. The third-order valence-corrected chi connectivity index (χ3v) is 4.42. The van der Waals surface area contributed by atoms with Gasteiger partial charge in [-0.1, -0.05) is 51.7 Å². The molecule has 0 aromatic rings. The van der Waals surface area contributed by atoms with Gasteiger partial charge in [0.15, 0.2) is 0 Å². The topological polar surface area (TPSA) is 93.7 Å². The molecule has 0 bridgehead atoms. The number of carbonyl (C=O) groups excluding carboxylic acids is 3. The molecule has 0 spiro atoms. The lowest BCUT2D eigenvalue weighted by molar-refractivity contribution is -0.140. The first-order valence-corrected chi connectivity index (χ1v) is 9.70.